The summed E-state index contributed by atoms with van der Waals surface area (Å²) in [5.41, 5.74) is 5.76. The van der Waals surface area contributed by atoms with Crippen LogP contribution in [0.25, 0.3) is 0 Å². The van der Waals surface area contributed by atoms with Crippen molar-refractivity contribution in [2.45, 2.75) is 39.8 Å². The van der Waals surface area contributed by atoms with Crippen molar-refractivity contribution in [1.29, 1.82) is 0 Å². The molecule has 1 heterocycles. The minimum atomic E-state index is -0.488. The Morgan fingerprint density at radius 3 is 2.81 bits per heavy atom. The fourth-order valence-electron chi connectivity index (χ4n) is 1.21. The zero-order valence-corrected chi connectivity index (χ0v) is 9.86. The molecule has 0 fully saturated rings. The summed E-state index contributed by atoms with van der Waals surface area (Å²) in [6.45, 7) is 5.90. The first kappa shape index (κ1) is 12.6. The third-order valence-electron chi connectivity index (χ3n) is 2.55. The van der Waals surface area contributed by atoms with Crippen molar-refractivity contribution in [3.63, 3.8) is 0 Å². The fourth-order valence-corrected chi connectivity index (χ4v) is 1.21. The van der Waals surface area contributed by atoms with Crippen molar-refractivity contribution in [2.24, 2.45) is 11.7 Å². The molecule has 1 aromatic rings. The van der Waals surface area contributed by atoms with Crippen LogP contribution in [-0.4, -0.2) is 22.1 Å². The third-order valence-corrected chi connectivity index (χ3v) is 2.55. The standard InChI is InChI=1S/C10H18N4O2/c1-4-6(2)9(11)10(15)12-5-8-13-7(3)16-14-8/h6,9H,4-5,11H2,1-3H3,(H,12,15). The van der Waals surface area contributed by atoms with Gasteiger partial charge in [0.2, 0.25) is 11.8 Å². The van der Waals surface area contributed by atoms with Gasteiger partial charge < -0.3 is 15.6 Å². The SMILES string of the molecule is CCC(C)C(N)C(=O)NCc1noc(C)n1. The summed E-state index contributed by atoms with van der Waals surface area (Å²) in [4.78, 5) is 15.6. The van der Waals surface area contributed by atoms with Crippen LogP contribution in [-0.2, 0) is 11.3 Å². The Hall–Kier alpha value is -1.43. The van der Waals surface area contributed by atoms with Gasteiger partial charge in [0.05, 0.1) is 12.6 Å². The number of amides is 1. The number of nitrogens with zero attached hydrogens (tertiary/aromatic N) is 2. The molecule has 16 heavy (non-hydrogen) atoms. The molecule has 0 aliphatic carbocycles. The molecule has 0 aliphatic rings. The van der Waals surface area contributed by atoms with Gasteiger partial charge in [-0.3, -0.25) is 4.79 Å². The molecule has 0 aliphatic heterocycles. The topological polar surface area (TPSA) is 94.0 Å². The second-order valence-corrected chi connectivity index (χ2v) is 3.86. The van der Waals surface area contributed by atoms with Gasteiger partial charge in [0, 0.05) is 6.92 Å². The lowest BCUT2D eigenvalue weighted by Gasteiger charge is -2.16. The maximum Gasteiger partial charge on any atom is 0.237 e. The highest BCUT2D eigenvalue weighted by molar-refractivity contribution is 5.81. The summed E-state index contributed by atoms with van der Waals surface area (Å²) in [6, 6.07) is -0.488. The number of carbonyl (C=O) groups excluding carboxylic acids is 1. The van der Waals surface area contributed by atoms with E-state index in [4.69, 9.17) is 10.3 Å². The van der Waals surface area contributed by atoms with Crippen molar-refractivity contribution in [3.05, 3.63) is 11.7 Å². The smallest absolute Gasteiger partial charge is 0.237 e. The van der Waals surface area contributed by atoms with Crippen LogP contribution in [0.4, 0.5) is 0 Å². The van der Waals surface area contributed by atoms with Crippen LogP contribution in [0.2, 0.25) is 0 Å². The number of hydrogen-bond donors (Lipinski definition) is 2. The molecule has 90 valence electrons. The molecule has 6 heteroatoms. The van der Waals surface area contributed by atoms with Crippen LogP contribution in [0.5, 0.6) is 0 Å². The first-order valence-electron chi connectivity index (χ1n) is 5.37. The van der Waals surface area contributed by atoms with Gasteiger partial charge in [-0.15, -0.1) is 0 Å². The Morgan fingerprint density at radius 2 is 2.31 bits per heavy atom. The molecule has 2 atom stereocenters. The van der Waals surface area contributed by atoms with E-state index < -0.39 is 6.04 Å². The lowest BCUT2D eigenvalue weighted by atomic mass is 9.99. The average molecular weight is 226 g/mol. The average Bonchev–Trinajstić information content (AvgIpc) is 2.69. The number of aromatic nitrogens is 2. The first-order valence-corrected chi connectivity index (χ1v) is 5.37. The quantitative estimate of drug-likeness (QED) is 0.756. The van der Waals surface area contributed by atoms with E-state index in [2.05, 4.69) is 15.5 Å². The molecule has 3 N–H and O–H groups in total. The Bertz CT molecular complexity index is 350. The number of hydrogen-bond acceptors (Lipinski definition) is 5. The summed E-state index contributed by atoms with van der Waals surface area (Å²) < 4.78 is 4.78. The number of nitrogens with two attached hydrogens (primary N) is 1. The molecule has 0 radical (unpaired) electrons. The molecule has 2 unspecified atom stereocenters. The van der Waals surface area contributed by atoms with E-state index >= 15 is 0 Å². The van der Waals surface area contributed by atoms with E-state index in [1.54, 1.807) is 6.92 Å². The number of aryl methyl sites for hydroxylation is 1. The molecule has 1 aromatic heterocycles. The number of carbonyl (C=O) groups is 1. The predicted octanol–water partition coefficient (Wildman–Crippen LogP) is 0.368. The van der Waals surface area contributed by atoms with Gasteiger partial charge in [-0.2, -0.15) is 4.98 Å². The van der Waals surface area contributed by atoms with E-state index in [1.165, 1.54) is 0 Å². The maximum atomic E-state index is 11.6. The van der Waals surface area contributed by atoms with Crippen LogP contribution in [0.15, 0.2) is 4.52 Å². The Labute approximate surface area is 94.6 Å². The minimum absolute atomic E-state index is 0.159. The van der Waals surface area contributed by atoms with Crippen molar-refractivity contribution >= 4 is 5.91 Å². The molecule has 1 rings (SSSR count). The summed E-state index contributed by atoms with van der Waals surface area (Å²) in [7, 11) is 0. The van der Waals surface area contributed by atoms with Crippen molar-refractivity contribution < 1.29 is 9.32 Å². The second-order valence-electron chi connectivity index (χ2n) is 3.86. The molecule has 0 saturated heterocycles. The summed E-state index contributed by atoms with van der Waals surface area (Å²) in [5, 5.41) is 6.35. The van der Waals surface area contributed by atoms with E-state index in [1.807, 2.05) is 13.8 Å². The highest BCUT2D eigenvalue weighted by atomic mass is 16.5. The van der Waals surface area contributed by atoms with Crippen molar-refractivity contribution in [1.82, 2.24) is 15.5 Å². The molecule has 0 spiro atoms. The monoisotopic (exact) mass is 226 g/mol. The minimum Gasteiger partial charge on any atom is -0.347 e. The third kappa shape index (κ3) is 3.30. The molecular weight excluding hydrogens is 208 g/mol. The highest BCUT2D eigenvalue weighted by Gasteiger charge is 2.19. The summed E-state index contributed by atoms with van der Waals surface area (Å²) in [6.07, 6.45) is 0.871. The molecule has 0 saturated carbocycles. The predicted molar refractivity (Wildman–Crippen MR) is 58.3 cm³/mol. The van der Waals surface area contributed by atoms with Gasteiger partial charge in [-0.1, -0.05) is 25.4 Å². The van der Waals surface area contributed by atoms with Gasteiger partial charge in [-0.05, 0) is 5.92 Å². The van der Waals surface area contributed by atoms with Crippen LogP contribution in [0.3, 0.4) is 0 Å². The highest BCUT2D eigenvalue weighted by Crippen LogP contribution is 2.05. The van der Waals surface area contributed by atoms with Gasteiger partial charge >= 0.3 is 0 Å². The van der Waals surface area contributed by atoms with Crippen molar-refractivity contribution in [2.75, 3.05) is 0 Å². The zero-order chi connectivity index (χ0) is 12.1. The van der Waals surface area contributed by atoms with Crippen molar-refractivity contribution in [3.8, 4) is 0 Å². The Morgan fingerprint density at radius 1 is 1.62 bits per heavy atom. The van der Waals surface area contributed by atoms with Gasteiger partial charge in [0.25, 0.3) is 0 Å². The number of nitrogens with one attached hydrogen (secondary N) is 1. The lowest BCUT2D eigenvalue weighted by molar-refractivity contribution is -0.123. The fraction of sp³-hybridized carbons (Fsp3) is 0.700. The van der Waals surface area contributed by atoms with E-state index in [9.17, 15) is 4.79 Å². The molecule has 6 nitrogen and oxygen atoms in total. The van der Waals surface area contributed by atoms with Crippen LogP contribution in [0, 0.1) is 12.8 Å². The zero-order valence-electron chi connectivity index (χ0n) is 9.86. The molecule has 0 bridgehead atoms. The maximum absolute atomic E-state index is 11.6. The first-order chi connectivity index (χ1) is 7.54. The molecule has 0 aromatic carbocycles. The Balaban J connectivity index is 2.40. The van der Waals surface area contributed by atoms with Crippen LogP contribution < -0.4 is 11.1 Å². The van der Waals surface area contributed by atoms with Crippen LogP contribution >= 0.6 is 0 Å². The van der Waals surface area contributed by atoms with Gasteiger partial charge in [-0.25, -0.2) is 0 Å². The normalized spacial score (nSPS) is 14.5. The van der Waals surface area contributed by atoms with Crippen LogP contribution in [0.1, 0.15) is 32.0 Å². The van der Waals surface area contributed by atoms with Gasteiger partial charge in [0.15, 0.2) is 5.82 Å². The summed E-state index contributed by atoms with van der Waals surface area (Å²) >= 11 is 0. The van der Waals surface area contributed by atoms with E-state index in [0.717, 1.165) is 6.42 Å². The lowest BCUT2D eigenvalue weighted by Crippen LogP contribution is -2.44. The summed E-state index contributed by atoms with van der Waals surface area (Å²) in [5.74, 6) is 0.918. The Kier molecular flexibility index (Phi) is 4.42. The second kappa shape index (κ2) is 5.60. The molecular formula is C10H18N4O2. The largest absolute Gasteiger partial charge is 0.347 e. The van der Waals surface area contributed by atoms with E-state index in [0.29, 0.717) is 11.7 Å². The molecule has 1 amide bonds. The van der Waals surface area contributed by atoms with Gasteiger partial charge in [0.1, 0.15) is 0 Å². The van der Waals surface area contributed by atoms with E-state index in [-0.39, 0.29) is 18.4 Å². The number of rotatable bonds is 5.